The molecule has 5 N–H and O–H groups in total. The fourth-order valence-electron chi connectivity index (χ4n) is 2.71. The number of unbranched alkanes of at least 4 members (excludes halogenated alkanes) is 1. The Kier molecular flexibility index (Phi) is 8.57. The Morgan fingerprint density at radius 3 is 2.39 bits per heavy atom. The second-order valence-electron chi connectivity index (χ2n) is 6.11. The summed E-state index contributed by atoms with van der Waals surface area (Å²) in [6, 6.07) is -0.832. The normalized spacial score (nSPS) is 17.6. The number of hydrogen-bond donors (Lipinski definition) is 4. The average Bonchev–Trinajstić information content (AvgIpc) is 2.48. The summed E-state index contributed by atoms with van der Waals surface area (Å²) >= 11 is 0. The van der Waals surface area contributed by atoms with E-state index < -0.39 is 18.0 Å². The number of carboxylic acid groups (broad SMARTS) is 2. The summed E-state index contributed by atoms with van der Waals surface area (Å²) < 4.78 is 0. The van der Waals surface area contributed by atoms with Crippen LogP contribution in [0.15, 0.2) is 0 Å². The number of amides is 1. The van der Waals surface area contributed by atoms with Crippen LogP contribution in [0.3, 0.4) is 0 Å². The Balaban J connectivity index is 2.06. The molecule has 0 radical (unpaired) electrons. The van der Waals surface area contributed by atoms with E-state index in [1.54, 1.807) is 0 Å². The smallest absolute Gasteiger partial charge is 0.320 e. The predicted octanol–water partition coefficient (Wildman–Crippen LogP) is -0.128. The molecule has 8 heteroatoms. The van der Waals surface area contributed by atoms with Crippen LogP contribution in [0.5, 0.6) is 0 Å². The standard InChI is InChI=1S/C15H27N3O5/c16-12(15(22)23)3-1-2-6-17-13(19)9-11-4-7-18(8-5-11)10-14(20)21/h11-12H,1-10,16H2,(H,17,19)(H,20,21)(H,22,23)/t12-/m1/s1. The molecule has 0 aromatic carbocycles. The minimum Gasteiger partial charge on any atom is -0.480 e. The van der Waals surface area contributed by atoms with Crippen LogP contribution in [-0.2, 0) is 14.4 Å². The molecule has 0 unspecified atom stereocenters. The summed E-state index contributed by atoms with van der Waals surface area (Å²) in [5.74, 6) is -1.50. The summed E-state index contributed by atoms with van der Waals surface area (Å²) in [7, 11) is 0. The number of carbonyl (C=O) groups is 3. The molecule has 132 valence electrons. The van der Waals surface area contributed by atoms with Crippen molar-refractivity contribution in [2.45, 2.75) is 44.6 Å². The van der Waals surface area contributed by atoms with Crippen molar-refractivity contribution < 1.29 is 24.6 Å². The largest absolute Gasteiger partial charge is 0.480 e. The molecular weight excluding hydrogens is 302 g/mol. The van der Waals surface area contributed by atoms with Crippen molar-refractivity contribution in [2.75, 3.05) is 26.2 Å². The van der Waals surface area contributed by atoms with Crippen molar-refractivity contribution in [3.8, 4) is 0 Å². The summed E-state index contributed by atoms with van der Waals surface area (Å²) in [5.41, 5.74) is 5.40. The molecule has 1 fully saturated rings. The summed E-state index contributed by atoms with van der Waals surface area (Å²) in [5, 5.41) is 20.2. The molecule has 0 bridgehead atoms. The molecule has 0 aromatic heterocycles. The highest BCUT2D eigenvalue weighted by Gasteiger charge is 2.22. The van der Waals surface area contributed by atoms with Crippen LogP contribution in [0.2, 0.25) is 0 Å². The van der Waals surface area contributed by atoms with Crippen LogP contribution in [0.1, 0.15) is 38.5 Å². The summed E-state index contributed by atoms with van der Waals surface area (Å²) in [6.45, 7) is 2.04. The van der Waals surface area contributed by atoms with Crippen LogP contribution in [-0.4, -0.2) is 65.2 Å². The van der Waals surface area contributed by atoms with E-state index in [-0.39, 0.29) is 12.5 Å². The van der Waals surface area contributed by atoms with Gasteiger partial charge < -0.3 is 21.3 Å². The first-order chi connectivity index (χ1) is 10.9. The maximum atomic E-state index is 11.8. The molecule has 0 aliphatic carbocycles. The zero-order valence-electron chi connectivity index (χ0n) is 13.4. The Morgan fingerprint density at radius 1 is 1.17 bits per heavy atom. The van der Waals surface area contributed by atoms with E-state index in [1.165, 1.54) is 0 Å². The monoisotopic (exact) mass is 329 g/mol. The number of carboxylic acids is 2. The van der Waals surface area contributed by atoms with Gasteiger partial charge in [0, 0.05) is 13.0 Å². The third-order valence-corrected chi connectivity index (χ3v) is 4.12. The topological polar surface area (TPSA) is 133 Å². The van der Waals surface area contributed by atoms with Gasteiger partial charge in [0.15, 0.2) is 0 Å². The van der Waals surface area contributed by atoms with E-state index in [0.29, 0.717) is 38.1 Å². The second kappa shape index (κ2) is 10.2. The van der Waals surface area contributed by atoms with E-state index in [2.05, 4.69) is 5.32 Å². The van der Waals surface area contributed by atoms with E-state index >= 15 is 0 Å². The number of hydrogen-bond acceptors (Lipinski definition) is 5. The fourth-order valence-corrected chi connectivity index (χ4v) is 2.71. The highest BCUT2D eigenvalue weighted by atomic mass is 16.4. The predicted molar refractivity (Wildman–Crippen MR) is 83.9 cm³/mol. The number of likely N-dealkylation sites (tertiary alicyclic amines) is 1. The lowest BCUT2D eigenvalue weighted by molar-refractivity contribution is -0.139. The Morgan fingerprint density at radius 2 is 1.83 bits per heavy atom. The lowest BCUT2D eigenvalue weighted by Crippen LogP contribution is -2.38. The van der Waals surface area contributed by atoms with Gasteiger partial charge in [-0.3, -0.25) is 19.3 Å². The highest BCUT2D eigenvalue weighted by molar-refractivity contribution is 5.76. The van der Waals surface area contributed by atoms with Crippen LogP contribution < -0.4 is 11.1 Å². The number of piperidine rings is 1. The van der Waals surface area contributed by atoms with Crippen LogP contribution in [0, 0.1) is 5.92 Å². The first kappa shape index (κ1) is 19.4. The van der Waals surface area contributed by atoms with Crippen molar-refractivity contribution in [1.29, 1.82) is 0 Å². The van der Waals surface area contributed by atoms with Gasteiger partial charge in [0.1, 0.15) is 6.04 Å². The highest BCUT2D eigenvalue weighted by Crippen LogP contribution is 2.20. The molecule has 1 amide bonds. The van der Waals surface area contributed by atoms with Crippen LogP contribution in [0.25, 0.3) is 0 Å². The Labute approximate surface area is 136 Å². The SMILES string of the molecule is N[C@H](CCCCNC(=O)CC1CCN(CC(=O)O)CC1)C(=O)O. The van der Waals surface area contributed by atoms with Gasteiger partial charge in [-0.25, -0.2) is 0 Å². The average molecular weight is 329 g/mol. The van der Waals surface area contributed by atoms with Gasteiger partial charge in [0.25, 0.3) is 0 Å². The Hall–Kier alpha value is -1.67. The zero-order chi connectivity index (χ0) is 17.2. The minimum atomic E-state index is -0.997. The lowest BCUT2D eigenvalue weighted by Gasteiger charge is -2.30. The zero-order valence-corrected chi connectivity index (χ0v) is 13.4. The molecule has 0 aromatic rings. The minimum absolute atomic E-state index is 0.00391. The molecule has 1 aliphatic heterocycles. The number of rotatable bonds is 10. The van der Waals surface area contributed by atoms with Crippen LogP contribution >= 0.6 is 0 Å². The first-order valence-corrected chi connectivity index (χ1v) is 8.07. The van der Waals surface area contributed by atoms with Crippen molar-refractivity contribution in [3.63, 3.8) is 0 Å². The third kappa shape index (κ3) is 8.51. The molecule has 1 heterocycles. The number of aliphatic carboxylic acids is 2. The van der Waals surface area contributed by atoms with Crippen molar-refractivity contribution >= 4 is 17.8 Å². The maximum absolute atomic E-state index is 11.8. The van der Waals surface area contributed by atoms with Gasteiger partial charge in [-0.1, -0.05) is 0 Å². The second-order valence-corrected chi connectivity index (χ2v) is 6.11. The summed E-state index contributed by atoms with van der Waals surface area (Å²) in [6.07, 6.45) is 3.94. The van der Waals surface area contributed by atoms with E-state index in [0.717, 1.165) is 25.9 Å². The van der Waals surface area contributed by atoms with Gasteiger partial charge in [0.05, 0.1) is 6.54 Å². The van der Waals surface area contributed by atoms with Crippen molar-refractivity contribution in [3.05, 3.63) is 0 Å². The molecule has 23 heavy (non-hydrogen) atoms. The molecular formula is C15H27N3O5. The molecule has 1 rings (SSSR count). The van der Waals surface area contributed by atoms with Gasteiger partial charge >= 0.3 is 11.9 Å². The quantitative estimate of drug-likeness (QED) is 0.410. The number of carbonyl (C=O) groups excluding carboxylic acids is 1. The van der Waals surface area contributed by atoms with E-state index in [1.807, 2.05) is 4.90 Å². The van der Waals surface area contributed by atoms with E-state index in [4.69, 9.17) is 15.9 Å². The van der Waals surface area contributed by atoms with Crippen LogP contribution in [0.4, 0.5) is 0 Å². The van der Waals surface area contributed by atoms with Gasteiger partial charge in [0.2, 0.25) is 5.91 Å². The lowest BCUT2D eigenvalue weighted by atomic mass is 9.93. The first-order valence-electron chi connectivity index (χ1n) is 8.07. The molecule has 8 nitrogen and oxygen atoms in total. The van der Waals surface area contributed by atoms with Gasteiger partial charge in [-0.2, -0.15) is 0 Å². The molecule has 0 spiro atoms. The van der Waals surface area contributed by atoms with E-state index in [9.17, 15) is 14.4 Å². The summed E-state index contributed by atoms with van der Waals surface area (Å²) in [4.78, 5) is 34.9. The van der Waals surface area contributed by atoms with Crippen molar-refractivity contribution in [1.82, 2.24) is 10.2 Å². The number of nitrogens with zero attached hydrogens (tertiary/aromatic N) is 1. The molecule has 1 atom stereocenters. The molecule has 0 saturated carbocycles. The maximum Gasteiger partial charge on any atom is 0.320 e. The van der Waals surface area contributed by atoms with Crippen molar-refractivity contribution in [2.24, 2.45) is 11.7 Å². The third-order valence-electron chi connectivity index (χ3n) is 4.12. The number of nitrogens with two attached hydrogens (primary N) is 1. The van der Waals surface area contributed by atoms with Gasteiger partial charge in [-0.15, -0.1) is 0 Å². The molecule has 1 saturated heterocycles. The molecule has 1 aliphatic rings. The Bertz CT molecular complexity index is 408. The number of nitrogens with one attached hydrogen (secondary N) is 1. The fraction of sp³-hybridized carbons (Fsp3) is 0.800. The van der Waals surface area contributed by atoms with Gasteiger partial charge in [-0.05, 0) is 51.1 Å².